The standard InChI is InChI=1S/C68H94O33/c1-30-25-85-60(56(92-41(12)78)49(30)86-35(6)72)100-64(81)66(16)21-17-20-65(15)47(66)18-22-67-24-31(2)68(29-67,23-19-48(65)67)101-63-59(99-62-58(94-43(14)80)54(91-40(11)77)51(88-37(8)74)45(96-62)27-83-33(4)70)55(52(89-38(9)75)46(97-63)28-84-34(5)71)98-61-57(93-42(13)79)53(90-39(10)76)50(87-36(7)73)44(95-61)26-82-32(3)69/h30,44-63H,2,17-29H2,1,3-16H3/t30-,44+,45+,46+,47-,48-,49-,50+,51+,52+,53-,54-,55-,56+,57+,58+,59+,60-,61-,62-,63-,65+,66+,67+,68-/m0/s1. The Morgan fingerprint density at radius 1 is 0.406 bits per heavy atom. The van der Waals surface area contributed by atoms with E-state index >= 15 is 4.79 Å². The molecule has 4 aliphatic carbocycles. The fourth-order valence-electron chi connectivity index (χ4n) is 16.8. The second-order valence-corrected chi connectivity index (χ2v) is 27.9. The third kappa shape index (κ3) is 18.1. The van der Waals surface area contributed by atoms with E-state index in [1.807, 2.05) is 6.92 Å². The molecule has 4 heterocycles. The number of carbonyl (C=O) groups excluding carboxylic acids is 13. The van der Waals surface area contributed by atoms with Crippen LogP contribution < -0.4 is 0 Å². The monoisotopic (exact) mass is 1440 g/mol. The summed E-state index contributed by atoms with van der Waals surface area (Å²) in [7, 11) is 0. The van der Waals surface area contributed by atoms with Gasteiger partial charge in [0.2, 0.25) is 12.4 Å². The largest absolute Gasteiger partial charge is 0.463 e. The van der Waals surface area contributed by atoms with Crippen LogP contribution in [0.3, 0.4) is 0 Å². The Kier molecular flexibility index (Phi) is 25.5. The highest BCUT2D eigenvalue weighted by atomic mass is 16.8. The summed E-state index contributed by atoms with van der Waals surface area (Å²) >= 11 is 0. The maximum absolute atomic E-state index is 15.1. The highest BCUT2D eigenvalue weighted by Gasteiger charge is 2.70. The minimum absolute atomic E-state index is 0.0220. The van der Waals surface area contributed by atoms with Crippen LogP contribution in [0.1, 0.15) is 162 Å². The Morgan fingerprint density at radius 2 is 0.782 bits per heavy atom. The van der Waals surface area contributed by atoms with E-state index in [0.29, 0.717) is 50.5 Å². The lowest BCUT2D eigenvalue weighted by Gasteiger charge is -2.64. The van der Waals surface area contributed by atoms with E-state index < -0.39 is 236 Å². The van der Waals surface area contributed by atoms with E-state index in [1.165, 1.54) is 13.8 Å². The van der Waals surface area contributed by atoms with Gasteiger partial charge in [0.05, 0.1) is 17.6 Å². The average molecular weight is 1440 g/mol. The van der Waals surface area contributed by atoms with Crippen molar-refractivity contribution in [2.45, 2.75) is 278 Å². The summed E-state index contributed by atoms with van der Waals surface area (Å²) in [6, 6.07) is 0. The number of ether oxygens (including phenoxy) is 20. The fraction of sp³-hybridized carbons (Fsp3) is 0.779. The highest BCUT2D eigenvalue weighted by Crippen LogP contribution is 2.74. The lowest BCUT2D eigenvalue weighted by Crippen LogP contribution is -2.69. The zero-order valence-electron chi connectivity index (χ0n) is 59.5. The van der Waals surface area contributed by atoms with Crippen molar-refractivity contribution >= 4 is 77.6 Å². The Balaban J connectivity index is 1.26. The quantitative estimate of drug-likeness (QED) is 0.0609. The van der Waals surface area contributed by atoms with Crippen LogP contribution in [-0.2, 0) is 157 Å². The van der Waals surface area contributed by atoms with E-state index in [4.69, 9.17) is 94.7 Å². The second kappa shape index (κ2) is 32.5. The predicted molar refractivity (Wildman–Crippen MR) is 331 cm³/mol. The zero-order chi connectivity index (χ0) is 74.5. The van der Waals surface area contributed by atoms with Crippen LogP contribution in [0.25, 0.3) is 0 Å². The van der Waals surface area contributed by atoms with Gasteiger partial charge >= 0.3 is 77.6 Å². The van der Waals surface area contributed by atoms with Crippen molar-refractivity contribution in [3.05, 3.63) is 12.2 Å². The molecule has 4 saturated carbocycles. The van der Waals surface area contributed by atoms with Gasteiger partial charge < -0.3 is 94.7 Å². The fourth-order valence-corrected chi connectivity index (χ4v) is 16.8. The molecule has 0 aromatic carbocycles. The van der Waals surface area contributed by atoms with Crippen molar-refractivity contribution < 1.29 is 157 Å². The Bertz CT molecular complexity index is 3170. The molecule has 8 aliphatic rings. The normalized spacial score (nSPS) is 38.5. The molecule has 4 saturated heterocycles. The predicted octanol–water partition coefficient (Wildman–Crippen LogP) is 3.65. The van der Waals surface area contributed by atoms with Crippen LogP contribution in [0.15, 0.2) is 12.2 Å². The molecule has 0 aromatic heterocycles. The lowest BCUT2D eigenvalue weighted by atomic mass is 9.41. The Labute approximate surface area is 583 Å². The first-order chi connectivity index (χ1) is 47.3. The molecule has 0 N–H and O–H groups in total. The molecule has 0 aromatic rings. The molecule has 8 rings (SSSR count). The van der Waals surface area contributed by atoms with Gasteiger partial charge in [0.1, 0.15) is 56.4 Å². The van der Waals surface area contributed by atoms with E-state index in [9.17, 15) is 57.5 Å². The zero-order valence-corrected chi connectivity index (χ0v) is 59.5. The summed E-state index contributed by atoms with van der Waals surface area (Å²) in [6.07, 6.45) is -27.8. The van der Waals surface area contributed by atoms with Gasteiger partial charge in [0.25, 0.3) is 0 Å². The van der Waals surface area contributed by atoms with Crippen LogP contribution in [0, 0.1) is 34.0 Å². The van der Waals surface area contributed by atoms with Crippen molar-refractivity contribution in [2.24, 2.45) is 34.0 Å². The van der Waals surface area contributed by atoms with Crippen molar-refractivity contribution in [1.29, 1.82) is 0 Å². The molecule has 33 nitrogen and oxygen atoms in total. The molecule has 8 fully saturated rings. The van der Waals surface area contributed by atoms with Crippen LogP contribution in [0.4, 0.5) is 0 Å². The maximum Gasteiger partial charge on any atom is 0.314 e. The van der Waals surface area contributed by atoms with Crippen LogP contribution in [-0.4, -0.2) is 220 Å². The SMILES string of the molecule is C=C1C[C@@]23CC[C@H]4[C@@](C)(CCC[C@@]4(C)C(=O)O[C@@H]4OC[C@H](C)[C@H](OC(C)=O)[C@H]4OC(C)=O)[C@@H]2CC[C@]1(O[C@@H]1O[C@H](COC(C)=O)[C@@H](OC(C)=O)[C@H](O[C@@H]2O[C@H](COC(C)=O)[C@@H](OC(C)=O)[C@H](OC(C)=O)[C@H]2OC(C)=O)[C@H]1O[C@@H]1O[C@H](COC(C)=O)[C@@H](OC(C)=O)[C@H](OC(C)=O)[C@H]1OC(C)=O)C3. The summed E-state index contributed by atoms with van der Waals surface area (Å²) in [6.45, 7) is 20.9. The van der Waals surface area contributed by atoms with E-state index in [-0.39, 0.29) is 31.3 Å². The lowest BCUT2D eigenvalue weighted by molar-refractivity contribution is -0.400. The first-order valence-electron chi connectivity index (χ1n) is 33.7. The van der Waals surface area contributed by atoms with E-state index in [0.717, 1.165) is 69.2 Å². The molecule has 1 spiro atoms. The van der Waals surface area contributed by atoms with Gasteiger partial charge in [-0.25, -0.2) is 0 Å². The van der Waals surface area contributed by atoms with E-state index in [1.54, 1.807) is 6.92 Å². The van der Waals surface area contributed by atoms with Gasteiger partial charge in [-0.15, -0.1) is 0 Å². The van der Waals surface area contributed by atoms with Crippen LogP contribution in [0.5, 0.6) is 0 Å². The number of esters is 13. The van der Waals surface area contributed by atoms with Crippen LogP contribution in [0.2, 0.25) is 0 Å². The molecule has 564 valence electrons. The van der Waals surface area contributed by atoms with Crippen molar-refractivity contribution in [1.82, 2.24) is 0 Å². The maximum atomic E-state index is 15.1. The van der Waals surface area contributed by atoms with Crippen LogP contribution >= 0.6 is 0 Å². The van der Waals surface area contributed by atoms with Crippen molar-refractivity contribution in [3.63, 3.8) is 0 Å². The van der Waals surface area contributed by atoms with Gasteiger partial charge in [-0.3, -0.25) is 62.3 Å². The summed E-state index contributed by atoms with van der Waals surface area (Å²) in [5.74, 6) is -12.4. The number of rotatable bonds is 23. The smallest absolute Gasteiger partial charge is 0.314 e. The number of hydrogen-bond donors (Lipinski definition) is 0. The van der Waals surface area contributed by atoms with Gasteiger partial charge in [0.15, 0.2) is 61.6 Å². The molecule has 2 bridgehead atoms. The number of fused-ring (bicyclic) bond motifs is 3. The first kappa shape index (κ1) is 79.3. The van der Waals surface area contributed by atoms with Gasteiger partial charge in [-0.1, -0.05) is 26.8 Å². The third-order valence-corrected chi connectivity index (χ3v) is 20.3. The molecule has 0 amide bonds. The van der Waals surface area contributed by atoms with Gasteiger partial charge in [-0.05, 0) is 86.5 Å². The molecular formula is C68H94O33. The first-order valence-corrected chi connectivity index (χ1v) is 33.7. The number of hydrogen-bond acceptors (Lipinski definition) is 33. The molecule has 101 heavy (non-hydrogen) atoms. The van der Waals surface area contributed by atoms with Crippen molar-refractivity contribution in [3.8, 4) is 0 Å². The molecule has 25 atom stereocenters. The second-order valence-electron chi connectivity index (χ2n) is 27.9. The third-order valence-electron chi connectivity index (χ3n) is 20.3. The minimum Gasteiger partial charge on any atom is -0.463 e. The topological polar surface area (TPSA) is 407 Å². The highest BCUT2D eigenvalue weighted by molar-refractivity contribution is 5.78. The molecule has 0 radical (unpaired) electrons. The van der Waals surface area contributed by atoms with Gasteiger partial charge in [-0.2, -0.15) is 0 Å². The summed E-state index contributed by atoms with van der Waals surface area (Å²) < 4.78 is 122. The average Bonchev–Trinajstić information content (AvgIpc) is 1.60. The molecule has 4 aliphatic heterocycles. The Morgan fingerprint density at radius 3 is 1.22 bits per heavy atom. The summed E-state index contributed by atoms with van der Waals surface area (Å²) in [5, 5.41) is 0. The summed E-state index contributed by atoms with van der Waals surface area (Å²) in [4.78, 5) is 170. The minimum atomic E-state index is -2.12. The molecule has 33 heteroatoms. The number of carbonyl (C=O) groups is 13. The molecule has 0 unspecified atom stereocenters. The van der Waals surface area contributed by atoms with Gasteiger partial charge in [0, 0.05) is 89.0 Å². The molecular weight excluding hydrogens is 1340 g/mol. The van der Waals surface area contributed by atoms with Crippen molar-refractivity contribution in [2.75, 3.05) is 26.4 Å². The Hall–Kier alpha value is -7.43. The summed E-state index contributed by atoms with van der Waals surface area (Å²) in [5.41, 5.74) is -3.10. The van der Waals surface area contributed by atoms with E-state index in [2.05, 4.69) is 13.5 Å².